The Morgan fingerprint density at radius 1 is 1.23 bits per heavy atom. The number of methoxy groups -OCH3 is 1. The molecule has 1 aromatic carbocycles. The maximum atomic E-state index is 12.6. The molecule has 1 aromatic rings. The number of amides is 2. The summed E-state index contributed by atoms with van der Waals surface area (Å²) in [5.74, 6) is -0.591. The average Bonchev–Trinajstić information content (AvgIpc) is 2.94. The molecule has 26 heavy (non-hydrogen) atoms. The van der Waals surface area contributed by atoms with Crippen LogP contribution in [0.3, 0.4) is 0 Å². The molecule has 0 spiro atoms. The minimum absolute atomic E-state index is 0.112. The minimum atomic E-state index is -0.602. The first-order valence-electron chi connectivity index (χ1n) is 8.52. The van der Waals surface area contributed by atoms with Gasteiger partial charge in [0.25, 0.3) is 0 Å². The molecular weight excluding hydrogens is 336 g/mol. The van der Waals surface area contributed by atoms with Crippen LogP contribution in [0.15, 0.2) is 24.3 Å². The average molecular weight is 362 g/mol. The monoisotopic (exact) mass is 362 g/mol. The predicted octanol–water partition coefficient (Wildman–Crippen LogP) is 1.85. The second-order valence-electron chi connectivity index (χ2n) is 7.38. The number of ether oxygens (including phenoxy) is 2. The van der Waals surface area contributed by atoms with Crippen LogP contribution in [0.2, 0.25) is 0 Å². The van der Waals surface area contributed by atoms with Crippen LogP contribution in [-0.4, -0.2) is 55.5 Å². The zero-order chi connectivity index (χ0) is 19.5. The van der Waals surface area contributed by atoms with Crippen LogP contribution < -0.4 is 9.64 Å². The fourth-order valence-electron chi connectivity index (χ4n) is 2.84. The van der Waals surface area contributed by atoms with E-state index in [0.29, 0.717) is 12.3 Å². The molecule has 7 heteroatoms. The van der Waals surface area contributed by atoms with Crippen LogP contribution in [0.5, 0.6) is 5.75 Å². The highest BCUT2D eigenvalue weighted by molar-refractivity contribution is 6.00. The molecule has 0 bridgehead atoms. The van der Waals surface area contributed by atoms with Gasteiger partial charge in [-0.15, -0.1) is 0 Å². The highest BCUT2D eigenvalue weighted by Gasteiger charge is 2.37. The van der Waals surface area contributed by atoms with E-state index in [1.54, 1.807) is 64.1 Å². The quantitative estimate of drug-likeness (QED) is 0.747. The van der Waals surface area contributed by atoms with Crippen molar-refractivity contribution >= 4 is 23.5 Å². The van der Waals surface area contributed by atoms with Gasteiger partial charge in [-0.25, -0.2) is 0 Å². The molecule has 2 amide bonds. The molecule has 1 fully saturated rings. The van der Waals surface area contributed by atoms with Crippen molar-refractivity contribution in [3.8, 4) is 5.75 Å². The van der Waals surface area contributed by atoms with Crippen molar-refractivity contribution in [1.82, 2.24) is 4.90 Å². The molecule has 0 radical (unpaired) electrons. The molecule has 1 heterocycles. The van der Waals surface area contributed by atoms with E-state index in [9.17, 15) is 14.4 Å². The van der Waals surface area contributed by atoms with Gasteiger partial charge in [-0.1, -0.05) is 0 Å². The Morgan fingerprint density at radius 3 is 2.38 bits per heavy atom. The van der Waals surface area contributed by atoms with Crippen LogP contribution in [-0.2, 0) is 19.1 Å². The van der Waals surface area contributed by atoms with E-state index < -0.39 is 17.5 Å². The number of likely N-dealkylation sites (N-methyl/N-ethyl adjacent to an activating group) is 1. The van der Waals surface area contributed by atoms with Crippen LogP contribution in [0.25, 0.3) is 0 Å². The number of nitrogens with zero attached hydrogens (tertiary/aromatic N) is 2. The smallest absolute Gasteiger partial charge is 0.326 e. The maximum absolute atomic E-state index is 12.6. The van der Waals surface area contributed by atoms with Crippen molar-refractivity contribution < 1.29 is 23.9 Å². The summed E-state index contributed by atoms with van der Waals surface area (Å²) < 4.78 is 10.3. The van der Waals surface area contributed by atoms with Crippen LogP contribution in [0.1, 0.15) is 27.2 Å². The summed E-state index contributed by atoms with van der Waals surface area (Å²) in [5, 5.41) is 0. The molecule has 142 valence electrons. The van der Waals surface area contributed by atoms with Crippen LogP contribution in [0.4, 0.5) is 5.69 Å². The van der Waals surface area contributed by atoms with Gasteiger partial charge >= 0.3 is 5.97 Å². The minimum Gasteiger partial charge on any atom is -0.497 e. The van der Waals surface area contributed by atoms with Gasteiger partial charge in [0.2, 0.25) is 11.8 Å². The van der Waals surface area contributed by atoms with Gasteiger partial charge in [0.15, 0.2) is 0 Å². The van der Waals surface area contributed by atoms with Crippen molar-refractivity contribution in [3.63, 3.8) is 0 Å². The lowest BCUT2D eigenvalue weighted by Gasteiger charge is -2.24. The number of anilines is 1. The van der Waals surface area contributed by atoms with Crippen molar-refractivity contribution in [3.05, 3.63) is 24.3 Å². The van der Waals surface area contributed by atoms with Crippen LogP contribution in [0, 0.1) is 5.92 Å². The summed E-state index contributed by atoms with van der Waals surface area (Å²) in [6.45, 7) is 5.48. The van der Waals surface area contributed by atoms with Crippen molar-refractivity contribution in [2.24, 2.45) is 5.92 Å². The molecule has 1 aliphatic heterocycles. The molecule has 0 saturated carbocycles. The number of rotatable bonds is 5. The molecular formula is C19H26N2O5. The Hall–Kier alpha value is -2.57. The molecule has 1 aliphatic rings. The predicted molar refractivity (Wildman–Crippen MR) is 96.9 cm³/mol. The fourth-order valence-corrected chi connectivity index (χ4v) is 2.84. The van der Waals surface area contributed by atoms with Gasteiger partial charge < -0.3 is 19.3 Å². The molecule has 1 saturated heterocycles. The highest BCUT2D eigenvalue weighted by Crippen LogP contribution is 2.27. The third kappa shape index (κ3) is 4.97. The third-order valence-corrected chi connectivity index (χ3v) is 4.02. The van der Waals surface area contributed by atoms with Gasteiger partial charge in [-0.05, 0) is 45.0 Å². The van der Waals surface area contributed by atoms with E-state index in [4.69, 9.17) is 9.47 Å². The second-order valence-corrected chi connectivity index (χ2v) is 7.38. The van der Waals surface area contributed by atoms with Gasteiger partial charge in [-0.3, -0.25) is 14.4 Å². The molecule has 0 aliphatic carbocycles. The summed E-state index contributed by atoms with van der Waals surface area (Å²) in [6, 6.07) is 7.11. The Morgan fingerprint density at radius 2 is 1.85 bits per heavy atom. The number of carbonyl (C=O) groups is 3. The summed E-state index contributed by atoms with van der Waals surface area (Å²) >= 11 is 0. The Kier molecular flexibility index (Phi) is 5.90. The maximum Gasteiger partial charge on any atom is 0.326 e. The molecule has 1 unspecified atom stereocenters. The van der Waals surface area contributed by atoms with Crippen LogP contribution >= 0.6 is 0 Å². The molecule has 7 nitrogen and oxygen atoms in total. The van der Waals surface area contributed by atoms with E-state index in [1.165, 1.54) is 4.90 Å². The topological polar surface area (TPSA) is 76.2 Å². The standard InChI is InChI=1S/C19H26N2O5/c1-19(2,3)26-17(23)12-20(4)18(24)13-10-16(22)21(11-13)14-6-8-15(25-5)9-7-14/h6-9,13H,10-12H2,1-5H3. The normalized spacial score (nSPS) is 17.2. The number of hydrogen-bond acceptors (Lipinski definition) is 5. The van der Waals surface area contributed by atoms with E-state index in [2.05, 4.69) is 0 Å². The number of carbonyl (C=O) groups excluding carboxylic acids is 3. The first-order valence-corrected chi connectivity index (χ1v) is 8.52. The number of esters is 1. The van der Waals surface area contributed by atoms with Crippen molar-refractivity contribution in [1.29, 1.82) is 0 Å². The largest absolute Gasteiger partial charge is 0.497 e. The lowest BCUT2D eigenvalue weighted by molar-refractivity contribution is -0.158. The first-order chi connectivity index (χ1) is 12.1. The summed E-state index contributed by atoms with van der Waals surface area (Å²) in [6.07, 6.45) is 0.128. The summed E-state index contributed by atoms with van der Waals surface area (Å²) in [7, 11) is 3.12. The Labute approximate surface area is 153 Å². The number of benzene rings is 1. The molecule has 1 atom stereocenters. The van der Waals surface area contributed by atoms with E-state index >= 15 is 0 Å². The lowest BCUT2D eigenvalue weighted by Crippen LogP contribution is -2.40. The van der Waals surface area contributed by atoms with Crippen molar-refractivity contribution in [2.75, 3.05) is 32.1 Å². The SMILES string of the molecule is COc1ccc(N2CC(C(=O)N(C)CC(=O)OC(C)(C)C)CC2=O)cc1. The molecule has 0 N–H and O–H groups in total. The van der Waals surface area contributed by atoms with E-state index in [0.717, 1.165) is 5.69 Å². The molecule has 0 aromatic heterocycles. The van der Waals surface area contributed by atoms with Gasteiger partial charge in [-0.2, -0.15) is 0 Å². The first kappa shape index (κ1) is 19.8. The lowest BCUT2D eigenvalue weighted by atomic mass is 10.1. The van der Waals surface area contributed by atoms with Gasteiger partial charge in [0.05, 0.1) is 13.0 Å². The Bertz CT molecular complexity index is 678. The highest BCUT2D eigenvalue weighted by atomic mass is 16.6. The van der Waals surface area contributed by atoms with Crippen molar-refractivity contribution in [2.45, 2.75) is 32.8 Å². The zero-order valence-corrected chi connectivity index (χ0v) is 15.9. The summed E-state index contributed by atoms with van der Waals surface area (Å²) in [5.41, 5.74) is 0.121. The zero-order valence-electron chi connectivity index (χ0n) is 15.9. The summed E-state index contributed by atoms with van der Waals surface area (Å²) in [4.78, 5) is 39.7. The second kappa shape index (κ2) is 7.76. The Balaban J connectivity index is 1.98. The molecule has 2 rings (SSSR count). The van der Waals surface area contributed by atoms with Gasteiger partial charge in [0, 0.05) is 25.7 Å². The fraction of sp³-hybridized carbons (Fsp3) is 0.526. The van der Waals surface area contributed by atoms with E-state index in [1.807, 2.05) is 0 Å². The van der Waals surface area contributed by atoms with E-state index in [-0.39, 0.29) is 24.8 Å². The van der Waals surface area contributed by atoms with Gasteiger partial charge in [0.1, 0.15) is 17.9 Å². The third-order valence-electron chi connectivity index (χ3n) is 4.02. The number of hydrogen-bond donors (Lipinski definition) is 0.